The van der Waals surface area contributed by atoms with Crippen LogP contribution < -0.4 is 10.6 Å². The van der Waals surface area contributed by atoms with E-state index >= 15 is 0 Å². The molecule has 0 bridgehead atoms. The minimum absolute atomic E-state index is 0.00634. The molecule has 0 aromatic heterocycles. The third kappa shape index (κ3) is 6.65. The summed E-state index contributed by atoms with van der Waals surface area (Å²) in [6.45, 7) is 0.612. The van der Waals surface area contributed by atoms with Gasteiger partial charge < -0.3 is 30.1 Å². The molecule has 1 fully saturated rings. The van der Waals surface area contributed by atoms with Crippen molar-refractivity contribution in [1.29, 1.82) is 0 Å². The van der Waals surface area contributed by atoms with Gasteiger partial charge in [-0.1, -0.05) is 60.7 Å². The maximum atomic E-state index is 13.3. The first kappa shape index (κ1) is 29.3. The van der Waals surface area contributed by atoms with Crippen LogP contribution in [0, 0.1) is 5.92 Å². The number of alkyl carbamates (subject to hydrolysis) is 1. The number of carbonyl (C=O) groups excluding carboxylic acids is 4. The van der Waals surface area contributed by atoms with Gasteiger partial charge in [0, 0.05) is 25.4 Å². The number of nitrogens with one attached hydrogen (secondary N) is 2. The van der Waals surface area contributed by atoms with E-state index in [2.05, 4.69) is 22.8 Å². The molecule has 42 heavy (non-hydrogen) atoms. The second kappa shape index (κ2) is 13.7. The first-order valence-corrected chi connectivity index (χ1v) is 14.6. The van der Waals surface area contributed by atoms with Crippen molar-refractivity contribution in [1.82, 2.24) is 15.5 Å². The van der Waals surface area contributed by atoms with Crippen LogP contribution in [0.1, 0.15) is 49.1 Å². The van der Waals surface area contributed by atoms with Gasteiger partial charge in [0.2, 0.25) is 11.8 Å². The number of hydrogen-bond donors (Lipinski definition) is 3. The number of allylic oxidation sites excluding steroid dienone is 1. The van der Waals surface area contributed by atoms with Crippen molar-refractivity contribution in [3.63, 3.8) is 0 Å². The topological polar surface area (TPSA) is 134 Å². The van der Waals surface area contributed by atoms with Crippen molar-refractivity contribution < 1.29 is 33.8 Å². The number of carbonyl (C=O) groups is 4. The normalized spacial score (nSPS) is 23.0. The van der Waals surface area contributed by atoms with Crippen LogP contribution in [-0.2, 0) is 23.9 Å². The van der Waals surface area contributed by atoms with Gasteiger partial charge in [-0.05, 0) is 47.9 Å². The van der Waals surface area contributed by atoms with Crippen LogP contribution in [0.15, 0.2) is 60.7 Å². The minimum atomic E-state index is -0.965. The number of esters is 1. The molecule has 0 radical (unpaired) electrons. The van der Waals surface area contributed by atoms with Gasteiger partial charge in [-0.2, -0.15) is 0 Å². The molecule has 10 heteroatoms. The number of aliphatic hydroxyl groups excluding tert-OH is 1. The van der Waals surface area contributed by atoms with Gasteiger partial charge in [0.05, 0.1) is 18.6 Å². The Bertz CT molecular complexity index is 1300. The van der Waals surface area contributed by atoms with Crippen LogP contribution >= 0.6 is 0 Å². The van der Waals surface area contributed by atoms with E-state index in [-0.39, 0.29) is 63.0 Å². The Morgan fingerprint density at radius 2 is 1.69 bits per heavy atom. The highest BCUT2D eigenvalue weighted by molar-refractivity contribution is 5.86. The zero-order chi connectivity index (χ0) is 29.5. The molecule has 10 nitrogen and oxygen atoms in total. The van der Waals surface area contributed by atoms with E-state index in [4.69, 9.17) is 14.6 Å². The number of benzene rings is 2. The number of fused-ring (bicyclic) bond motifs is 4. The van der Waals surface area contributed by atoms with Crippen molar-refractivity contribution in [3.8, 4) is 11.1 Å². The maximum Gasteiger partial charge on any atom is 0.407 e. The summed E-state index contributed by atoms with van der Waals surface area (Å²) in [5, 5.41) is 14.3. The predicted molar refractivity (Wildman–Crippen MR) is 154 cm³/mol. The summed E-state index contributed by atoms with van der Waals surface area (Å²) in [6, 6.07) is 14.9. The lowest BCUT2D eigenvalue weighted by Gasteiger charge is -2.29. The molecular weight excluding hydrogens is 538 g/mol. The van der Waals surface area contributed by atoms with E-state index in [1.54, 1.807) is 17.1 Å². The van der Waals surface area contributed by atoms with E-state index in [0.29, 0.717) is 19.4 Å². The zero-order valence-electron chi connectivity index (χ0n) is 23.5. The van der Waals surface area contributed by atoms with Crippen molar-refractivity contribution in [3.05, 3.63) is 71.8 Å². The Morgan fingerprint density at radius 3 is 2.40 bits per heavy atom. The summed E-state index contributed by atoms with van der Waals surface area (Å²) in [5.74, 6) is -1.73. The monoisotopic (exact) mass is 575 g/mol. The highest BCUT2D eigenvalue weighted by Gasteiger charge is 2.36. The van der Waals surface area contributed by atoms with Crippen LogP contribution in [0.25, 0.3) is 11.1 Å². The molecule has 5 rings (SSSR count). The highest BCUT2D eigenvalue weighted by atomic mass is 16.6. The fourth-order valence-electron chi connectivity index (χ4n) is 6.06. The molecule has 2 aliphatic heterocycles. The summed E-state index contributed by atoms with van der Waals surface area (Å²) in [4.78, 5) is 53.3. The largest absolute Gasteiger partial charge is 0.462 e. The molecule has 0 saturated carbocycles. The Labute approximate surface area is 245 Å². The molecule has 0 spiro atoms. The fourth-order valence-corrected chi connectivity index (χ4v) is 6.06. The molecule has 222 valence electrons. The van der Waals surface area contributed by atoms with Crippen LogP contribution in [0.5, 0.6) is 0 Å². The van der Waals surface area contributed by atoms with Gasteiger partial charge in [0.1, 0.15) is 19.3 Å². The number of cyclic esters (lactones) is 1. The van der Waals surface area contributed by atoms with Gasteiger partial charge in [0.15, 0.2) is 0 Å². The number of rotatable bonds is 7. The van der Waals surface area contributed by atoms with Crippen LogP contribution in [-0.4, -0.2) is 78.9 Å². The predicted octanol–water partition coefficient (Wildman–Crippen LogP) is 2.89. The lowest BCUT2D eigenvalue weighted by atomic mass is 9.97. The van der Waals surface area contributed by atoms with Crippen molar-refractivity contribution in [2.24, 2.45) is 5.92 Å². The Morgan fingerprint density at radius 1 is 1.00 bits per heavy atom. The van der Waals surface area contributed by atoms with Gasteiger partial charge >= 0.3 is 12.1 Å². The van der Waals surface area contributed by atoms with E-state index in [0.717, 1.165) is 28.7 Å². The van der Waals surface area contributed by atoms with Crippen LogP contribution in [0.4, 0.5) is 4.79 Å². The smallest absolute Gasteiger partial charge is 0.407 e. The molecule has 3 atom stereocenters. The molecule has 1 saturated heterocycles. The second-order valence-electron chi connectivity index (χ2n) is 10.9. The lowest BCUT2D eigenvalue weighted by molar-refractivity contribution is -0.150. The first-order chi connectivity index (χ1) is 20.5. The third-order valence-corrected chi connectivity index (χ3v) is 8.17. The molecule has 1 aliphatic carbocycles. The number of aliphatic hydroxyl groups is 1. The molecule has 0 unspecified atom stereocenters. The zero-order valence-corrected chi connectivity index (χ0v) is 23.5. The third-order valence-electron chi connectivity index (χ3n) is 8.17. The molecule has 3 N–H and O–H groups in total. The fraction of sp³-hybridized carbons (Fsp3) is 0.438. The lowest BCUT2D eigenvalue weighted by Crippen LogP contribution is -2.46. The summed E-state index contributed by atoms with van der Waals surface area (Å²) >= 11 is 0. The summed E-state index contributed by atoms with van der Waals surface area (Å²) in [6.07, 6.45) is 4.66. The van der Waals surface area contributed by atoms with E-state index < -0.39 is 24.0 Å². The van der Waals surface area contributed by atoms with E-state index in [1.165, 1.54) is 0 Å². The number of nitrogens with zero attached hydrogens (tertiary/aromatic N) is 1. The van der Waals surface area contributed by atoms with Gasteiger partial charge in [-0.3, -0.25) is 9.59 Å². The Hall–Kier alpha value is -4.18. The first-order valence-electron chi connectivity index (χ1n) is 14.6. The van der Waals surface area contributed by atoms with Crippen molar-refractivity contribution in [2.75, 3.05) is 32.9 Å². The maximum absolute atomic E-state index is 13.3. The van der Waals surface area contributed by atoms with Crippen molar-refractivity contribution >= 4 is 23.9 Å². The van der Waals surface area contributed by atoms with Gasteiger partial charge in [-0.25, -0.2) is 9.59 Å². The average Bonchev–Trinajstić information content (AvgIpc) is 3.60. The SMILES string of the molecule is O=C(C[C@H]1C/C=C/C[C@H](NC(=O)OCC2c3ccccc3-c3ccccc32)C(=O)OC[C@@H]2CCCN2C1=O)NCCO. The van der Waals surface area contributed by atoms with E-state index in [1.807, 2.05) is 36.4 Å². The Balaban J connectivity index is 1.24. The summed E-state index contributed by atoms with van der Waals surface area (Å²) in [5.41, 5.74) is 4.43. The number of ether oxygens (including phenoxy) is 2. The molecule has 2 heterocycles. The molecule has 3 aliphatic rings. The summed E-state index contributed by atoms with van der Waals surface area (Å²) < 4.78 is 11.2. The van der Waals surface area contributed by atoms with Gasteiger partial charge in [0.25, 0.3) is 0 Å². The van der Waals surface area contributed by atoms with Crippen LogP contribution in [0.3, 0.4) is 0 Å². The highest BCUT2D eigenvalue weighted by Crippen LogP contribution is 2.44. The minimum Gasteiger partial charge on any atom is -0.462 e. The average molecular weight is 576 g/mol. The standard InChI is InChI=1S/C32H37N3O7/c36-17-15-33-29(37)18-21-8-1-6-14-28(31(39)41-19-22-9-7-16-35(22)30(21)38)34-32(40)42-20-27-25-12-4-2-10-23(25)24-11-3-5-13-26(24)27/h1-6,10-13,21-22,27-28,36H,7-9,14-20H2,(H,33,37)(H,34,40)/b6-1+/t21-,22+,28+/m1/s1. The molecular formula is C32H37N3O7. The number of hydrogen-bond acceptors (Lipinski definition) is 7. The molecule has 2 aromatic rings. The van der Waals surface area contributed by atoms with Crippen LogP contribution in [0.2, 0.25) is 0 Å². The van der Waals surface area contributed by atoms with Crippen molar-refractivity contribution in [2.45, 2.75) is 50.1 Å². The Kier molecular flexibility index (Phi) is 9.53. The number of amides is 3. The quantitative estimate of drug-likeness (QED) is 0.341. The molecule has 3 amide bonds. The molecule has 2 aromatic carbocycles. The van der Waals surface area contributed by atoms with E-state index in [9.17, 15) is 19.2 Å². The second-order valence-corrected chi connectivity index (χ2v) is 10.9. The van der Waals surface area contributed by atoms with Gasteiger partial charge in [-0.15, -0.1) is 0 Å². The summed E-state index contributed by atoms with van der Waals surface area (Å²) in [7, 11) is 0.